The van der Waals surface area contributed by atoms with E-state index < -0.39 is 0 Å². The number of hydrogen-bond donors (Lipinski definition) is 0. The lowest BCUT2D eigenvalue weighted by Crippen LogP contribution is -2.07. The molecule has 0 saturated heterocycles. The van der Waals surface area contributed by atoms with Crippen LogP contribution in [0.4, 0.5) is 13.2 Å². The van der Waals surface area contributed by atoms with Gasteiger partial charge in [0.05, 0.1) is 12.3 Å². The molecule has 0 fully saturated rings. The number of aromatic nitrogens is 1. The fraction of sp³-hybridized carbons (Fsp3) is 0.233. The van der Waals surface area contributed by atoms with Crippen molar-refractivity contribution < 1.29 is 17.9 Å². The van der Waals surface area contributed by atoms with Crippen molar-refractivity contribution >= 4 is 0 Å². The van der Waals surface area contributed by atoms with E-state index in [0.29, 0.717) is 13.2 Å². The zero-order valence-corrected chi connectivity index (χ0v) is 19.9. The van der Waals surface area contributed by atoms with Crippen molar-refractivity contribution in [2.45, 2.75) is 39.2 Å². The van der Waals surface area contributed by atoms with E-state index in [1.165, 1.54) is 36.4 Å². The van der Waals surface area contributed by atoms with E-state index in [0.717, 1.165) is 52.0 Å². The van der Waals surface area contributed by atoms with Gasteiger partial charge in [0.1, 0.15) is 17.5 Å². The summed E-state index contributed by atoms with van der Waals surface area (Å²) in [6.45, 7) is 5.05. The number of pyridine rings is 1. The second-order valence-electron chi connectivity index (χ2n) is 8.87. The average Bonchev–Trinajstić information content (AvgIpc) is 2.85. The maximum absolute atomic E-state index is 13.6. The SMILES string of the molecule is CC(C)c1nc(-c2ccc(F)cc2)cc(-c2ccc(F)cc2)c1COCCCc1ccc(F)cc1. The summed E-state index contributed by atoms with van der Waals surface area (Å²) in [7, 11) is 0. The number of aryl methyl sites for hydroxylation is 1. The summed E-state index contributed by atoms with van der Waals surface area (Å²) in [6.07, 6.45) is 1.60. The van der Waals surface area contributed by atoms with Crippen molar-refractivity contribution in [3.63, 3.8) is 0 Å². The summed E-state index contributed by atoms with van der Waals surface area (Å²) < 4.78 is 46.3. The largest absolute Gasteiger partial charge is 0.377 e. The standard InChI is InChI=1S/C30H28F3NO/c1-20(2)30-28(19-35-17-3-4-21-5-11-24(31)12-6-21)27(22-7-13-25(32)14-8-22)18-29(34-30)23-9-15-26(33)16-10-23/h5-16,18,20H,3-4,17,19H2,1-2H3. The van der Waals surface area contributed by atoms with E-state index in [-0.39, 0.29) is 23.4 Å². The van der Waals surface area contributed by atoms with Crippen LogP contribution in [-0.2, 0) is 17.8 Å². The molecular formula is C30H28F3NO. The highest BCUT2D eigenvalue weighted by molar-refractivity contribution is 5.74. The molecule has 0 radical (unpaired) electrons. The first kappa shape index (κ1) is 24.7. The summed E-state index contributed by atoms with van der Waals surface area (Å²) in [4.78, 5) is 4.92. The Kier molecular flexibility index (Phi) is 7.98. The Labute approximate surface area is 204 Å². The van der Waals surface area contributed by atoms with E-state index in [2.05, 4.69) is 13.8 Å². The molecule has 0 aliphatic heterocycles. The van der Waals surface area contributed by atoms with E-state index >= 15 is 0 Å². The van der Waals surface area contributed by atoms with Gasteiger partial charge in [-0.25, -0.2) is 13.2 Å². The van der Waals surface area contributed by atoms with Crippen LogP contribution in [0.1, 0.15) is 43.0 Å². The molecule has 0 N–H and O–H groups in total. The minimum Gasteiger partial charge on any atom is -0.377 e. The van der Waals surface area contributed by atoms with Crippen LogP contribution in [0.5, 0.6) is 0 Å². The molecule has 35 heavy (non-hydrogen) atoms. The Morgan fingerprint density at radius 1 is 0.743 bits per heavy atom. The molecule has 0 aliphatic carbocycles. The first-order valence-corrected chi connectivity index (χ1v) is 11.8. The first-order valence-electron chi connectivity index (χ1n) is 11.8. The maximum atomic E-state index is 13.6. The highest BCUT2D eigenvalue weighted by Gasteiger charge is 2.18. The molecule has 0 saturated carbocycles. The normalized spacial score (nSPS) is 11.3. The Balaban J connectivity index is 1.61. The van der Waals surface area contributed by atoms with Crippen molar-refractivity contribution in [2.75, 3.05) is 6.61 Å². The van der Waals surface area contributed by atoms with Gasteiger partial charge in [-0.15, -0.1) is 0 Å². The number of rotatable bonds is 9. The van der Waals surface area contributed by atoms with E-state index in [9.17, 15) is 13.2 Å². The molecule has 0 atom stereocenters. The molecule has 0 aliphatic rings. The van der Waals surface area contributed by atoms with E-state index in [1.54, 1.807) is 36.4 Å². The molecule has 0 unspecified atom stereocenters. The quantitative estimate of drug-likeness (QED) is 0.228. The zero-order valence-electron chi connectivity index (χ0n) is 19.9. The lowest BCUT2D eigenvalue weighted by atomic mass is 9.93. The molecule has 3 aromatic carbocycles. The van der Waals surface area contributed by atoms with Crippen molar-refractivity contribution in [2.24, 2.45) is 0 Å². The molecule has 180 valence electrons. The van der Waals surface area contributed by atoms with Crippen LogP contribution in [-0.4, -0.2) is 11.6 Å². The van der Waals surface area contributed by atoms with Crippen molar-refractivity contribution in [1.29, 1.82) is 0 Å². The lowest BCUT2D eigenvalue weighted by Gasteiger charge is -2.19. The van der Waals surface area contributed by atoms with Gasteiger partial charge in [0.25, 0.3) is 0 Å². The summed E-state index contributed by atoms with van der Waals surface area (Å²) in [5.74, 6) is -0.727. The van der Waals surface area contributed by atoms with Crippen LogP contribution >= 0.6 is 0 Å². The third kappa shape index (κ3) is 6.37. The van der Waals surface area contributed by atoms with Crippen LogP contribution < -0.4 is 0 Å². The van der Waals surface area contributed by atoms with Gasteiger partial charge in [0.15, 0.2) is 0 Å². The first-order chi connectivity index (χ1) is 16.9. The molecule has 2 nitrogen and oxygen atoms in total. The second-order valence-corrected chi connectivity index (χ2v) is 8.87. The number of hydrogen-bond acceptors (Lipinski definition) is 2. The zero-order chi connectivity index (χ0) is 24.8. The van der Waals surface area contributed by atoms with Gasteiger partial charge in [0.2, 0.25) is 0 Å². The Morgan fingerprint density at radius 3 is 1.86 bits per heavy atom. The maximum Gasteiger partial charge on any atom is 0.123 e. The summed E-state index contributed by atoms with van der Waals surface area (Å²) in [5, 5.41) is 0. The third-order valence-corrected chi connectivity index (χ3v) is 5.91. The fourth-order valence-corrected chi connectivity index (χ4v) is 4.08. The predicted molar refractivity (Wildman–Crippen MR) is 133 cm³/mol. The van der Waals surface area contributed by atoms with Gasteiger partial charge in [-0.3, -0.25) is 4.98 Å². The molecule has 1 aromatic heterocycles. The summed E-state index contributed by atoms with van der Waals surface area (Å²) >= 11 is 0. The molecule has 0 amide bonds. The minimum absolute atomic E-state index is 0.118. The minimum atomic E-state index is -0.303. The van der Waals surface area contributed by atoms with Crippen LogP contribution in [0.2, 0.25) is 0 Å². The molecule has 5 heteroatoms. The van der Waals surface area contributed by atoms with Crippen molar-refractivity contribution in [3.05, 3.63) is 113 Å². The van der Waals surface area contributed by atoms with Gasteiger partial charge in [0, 0.05) is 23.4 Å². The van der Waals surface area contributed by atoms with Gasteiger partial charge in [-0.1, -0.05) is 38.1 Å². The summed E-state index contributed by atoms with van der Waals surface area (Å²) in [5.41, 5.74) is 6.24. The van der Waals surface area contributed by atoms with Crippen LogP contribution in [0.15, 0.2) is 78.9 Å². The molecule has 0 spiro atoms. The summed E-state index contributed by atoms with van der Waals surface area (Å²) in [6, 6.07) is 21.1. The van der Waals surface area contributed by atoms with Crippen molar-refractivity contribution in [1.82, 2.24) is 4.98 Å². The number of nitrogens with zero attached hydrogens (tertiary/aromatic N) is 1. The number of halogens is 3. The third-order valence-electron chi connectivity index (χ3n) is 5.91. The van der Waals surface area contributed by atoms with Crippen LogP contribution in [0, 0.1) is 17.5 Å². The second kappa shape index (κ2) is 11.3. The molecule has 4 rings (SSSR count). The average molecular weight is 476 g/mol. The Morgan fingerprint density at radius 2 is 1.29 bits per heavy atom. The Bertz CT molecular complexity index is 1250. The molecule has 4 aromatic rings. The Hall–Kier alpha value is -3.44. The van der Waals surface area contributed by atoms with Crippen LogP contribution in [0.3, 0.4) is 0 Å². The van der Waals surface area contributed by atoms with Gasteiger partial charge >= 0.3 is 0 Å². The van der Waals surface area contributed by atoms with Crippen molar-refractivity contribution in [3.8, 4) is 22.4 Å². The topological polar surface area (TPSA) is 22.1 Å². The molecular weight excluding hydrogens is 447 g/mol. The highest BCUT2D eigenvalue weighted by Crippen LogP contribution is 2.34. The predicted octanol–water partition coefficient (Wildman–Crippen LogP) is 8.11. The van der Waals surface area contributed by atoms with Gasteiger partial charge in [-0.05, 0) is 90.0 Å². The van der Waals surface area contributed by atoms with Gasteiger partial charge < -0.3 is 4.74 Å². The lowest BCUT2D eigenvalue weighted by molar-refractivity contribution is 0.118. The monoisotopic (exact) mass is 475 g/mol. The highest BCUT2D eigenvalue weighted by atomic mass is 19.1. The molecule has 0 bridgehead atoms. The van der Waals surface area contributed by atoms with Gasteiger partial charge in [-0.2, -0.15) is 0 Å². The van der Waals surface area contributed by atoms with E-state index in [4.69, 9.17) is 9.72 Å². The molecule has 1 heterocycles. The van der Waals surface area contributed by atoms with Crippen LogP contribution in [0.25, 0.3) is 22.4 Å². The number of benzene rings is 3. The number of ether oxygens (including phenoxy) is 1. The van der Waals surface area contributed by atoms with E-state index in [1.807, 2.05) is 6.07 Å². The smallest absolute Gasteiger partial charge is 0.123 e. The fourth-order valence-electron chi connectivity index (χ4n) is 4.08.